The molecule has 1 aliphatic rings. The van der Waals surface area contributed by atoms with Gasteiger partial charge in [0.15, 0.2) is 0 Å². The van der Waals surface area contributed by atoms with Crippen LogP contribution in [0.4, 0.5) is 4.79 Å². The molecule has 7 nitrogen and oxygen atoms in total. The van der Waals surface area contributed by atoms with Gasteiger partial charge in [-0.25, -0.2) is 4.79 Å². The van der Waals surface area contributed by atoms with Crippen molar-refractivity contribution in [2.45, 2.75) is 70.2 Å². The summed E-state index contributed by atoms with van der Waals surface area (Å²) in [5, 5.41) is 32.8. The van der Waals surface area contributed by atoms with Gasteiger partial charge in [0.1, 0.15) is 6.10 Å². The van der Waals surface area contributed by atoms with Crippen LogP contribution in [0.2, 0.25) is 0 Å². The summed E-state index contributed by atoms with van der Waals surface area (Å²) in [6.45, 7) is 2.52. The van der Waals surface area contributed by atoms with E-state index in [1.807, 2.05) is 49.4 Å². The quantitative estimate of drug-likeness (QED) is 0.202. The zero-order chi connectivity index (χ0) is 24.1. The minimum Gasteiger partial charge on any atom is -0.450 e. The largest absolute Gasteiger partial charge is 0.506 e. The van der Waals surface area contributed by atoms with Crippen molar-refractivity contribution in [2.75, 3.05) is 6.54 Å². The topological polar surface area (TPSA) is 116 Å². The fraction of sp³-hybridized carbons (Fsp3) is 0.538. The molecule has 4 N–H and O–H groups in total. The molecule has 1 amide bonds. The van der Waals surface area contributed by atoms with E-state index in [1.165, 1.54) is 0 Å². The Labute approximate surface area is 196 Å². The lowest BCUT2D eigenvalue weighted by Crippen LogP contribution is -2.24. The number of hydrogen-bond donors (Lipinski definition) is 4. The van der Waals surface area contributed by atoms with E-state index in [-0.39, 0.29) is 24.2 Å². The molecule has 0 spiro atoms. The Morgan fingerprint density at radius 1 is 1.24 bits per heavy atom. The van der Waals surface area contributed by atoms with Gasteiger partial charge >= 0.3 is 6.16 Å². The standard InChI is InChI=1S/C26H37NO6/c1-2-27-25(30)13-9-4-3-8-12-21-22(24(18-23(21)29)33-26(31)32)17-16-20(28)15-14-19-10-6-5-7-11-19/h3,5-8,10-11,16-17,20-24,28-29H,2,4,9,12-15,18H2,1H3,(H,27,30)(H,31,32)/t20-,21+,22+,23?,24?/m0/s1. The number of unbranched alkanes of at least 4 members (excludes halogenated alkanes) is 1. The molecule has 0 aliphatic heterocycles. The van der Waals surface area contributed by atoms with Gasteiger partial charge < -0.3 is 25.4 Å². The molecular formula is C26H37NO6. The van der Waals surface area contributed by atoms with E-state index >= 15 is 0 Å². The van der Waals surface area contributed by atoms with Crippen LogP contribution in [0.25, 0.3) is 0 Å². The Morgan fingerprint density at radius 3 is 2.70 bits per heavy atom. The van der Waals surface area contributed by atoms with Gasteiger partial charge in [0, 0.05) is 25.3 Å². The van der Waals surface area contributed by atoms with Crippen LogP contribution in [-0.4, -0.2) is 52.2 Å². The molecule has 182 valence electrons. The van der Waals surface area contributed by atoms with Crippen molar-refractivity contribution in [3.05, 3.63) is 60.2 Å². The molecule has 5 atom stereocenters. The lowest BCUT2D eigenvalue weighted by Gasteiger charge is -2.21. The van der Waals surface area contributed by atoms with Gasteiger partial charge in [0.2, 0.25) is 5.91 Å². The number of amides is 1. The van der Waals surface area contributed by atoms with Gasteiger partial charge in [-0.15, -0.1) is 0 Å². The van der Waals surface area contributed by atoms with E-state index in [2.05, 4.69) is 5.32 Å². The molecule has 0 aromatic heterocycles. The molecule has 1 saturated carbocycles. The van der Waals surface area contributed by atoms with Crippen molar-refractivity contribution in [3.8, 4) is 0 Å². The minimum atomic E-state index is -1.36. The fourth-order valence-corrected chi connectivity index (χ4v) is 4.29. The van der Waals surface area contributed by atoms with Crippen molar-refractivity contribution in [3.63, 3.8) is 0 Å². The number of carboxylic acid groups (broad SMARTS) is 1. The molecule has 7 heteroatoms. The van der Waals surface area contributed by atoms with Crippen molar-refractivity contribution in [2.24, 2.45) is 11.8 Å². The number of rotatable bonds is 13. The van der Waals surface area contributed by atoms with Crippen molar-refractivity contribution < 1.29 is 29.6 Å². The lowest BCUT2D eigenvalue weighted by molar-refractivity contribution is -0.121. The van der Waals surface area contributed by atoms with Gasteiger partial charge in [0.25, 0.3) is 0 Å². The maximum absolute atomic E-state index is 11.5. The Bertz CT molecular complexity index is 778. The van der Waals surface area contributed by atoms with Crippen LogP contribution in [0, 0.1) is 11.8 Å². The molecule has 2 unspecified atom stereocenters. The summed E-state index contributed by atoms with van der Waals surface area (Å²) in [7, 11) is 0. The lowest BCUT2D eigenvalue weighted by atomic mass is 9.89. The average Bonchev–Trinajstić information content (AvgIpc) is 3.07. The van der Waals surface area contributed by atoms with E-state index in [4.69, 9.17) is 9.84 Å². The first-order chi connectivity index (χ1) is 15.9. The zero-order valence-electron chi connectivity index (χ0n) is 19.3. The zero-order valence-corrected chi connectivity index (χ0v) is 19.3. The predicted octanol–water partition coefficient (Wildman–Crippen LogP) is 3.85. The molecule has 1 fully saturated rings. The summed E-state index contributed by atoms with van der Waals surface area (Å²) in [5.74, 6) is -0.476. The third-order valence-corrected chi connectivity index (χ3v) is 5.99. The summed E-state index contributed by atoms with van der Waals surface area (Å²) in [4.78, 5) is 22.6. The van der Waals surface area contributed by atoms with Crippen LogP contribution in [0.15, 0.2) is 54.6 Å². The third-order valence-electron chi connectivity index (χ3n) is 5.99. The summed E-state index contributed by atoms with van der Waals surface area (Å²) in [6.07, 6.45) is 8.15. The Morgan fingerprint density at radius 2 is 2.00 bits per heavy atom. The molecule has 2 rings (SSSR count). The van der Waals surface area contributed by atoms with E-state index < -0.39 is 24.5 Å². The first kappa shape index (κ1) is 26.6. The van der Waals surface area contributed by atoms with E-state index in [1.54, 1.807) is 12.2 Å². The van der Waals surface area contributed by atoms with E-state index in [0.717, 1.165) is 24.8 Å². The number of ether oxygens (including phenoxy) is 1. The third kappa shape index (κ3) is 9.80. The molecule has 1 aromatic rings. The molecule has 33 heavy (non-hydrogen) atoms. The maximum Gasteiger partial charge on any atom is 0.506 e. The van der Waals surface area contributed by atoms with Crippen LogP contribution < -0.4 is 5.32 Å². The number of benzene rings is 1. The highest BCUT2D eigenvalue weighted by Crippen LogP contribution is 2.38. The van der Waals surface area contributed by atoms with Crippen molar-refractivity contribution in [1.82, 2.24) is 5.32 Å². The fourth-order valence-electron chi connectivity index (χ4n) is 4.29. The molecule has 0 bridgehead atoms. The number of allylic oxidation sites excluding steroid dienone is 2. The number of hydrogen-bond acceptors (Lipinski definition) is 5. The maximum atomic E-state index is 11.5. The number of carbonyl (C=O) groups excluding carboxylic acids is 1. The van der Waals surface area contributed by atoms with Gasteiger partial charge in [0.05, 0.1) is 12.2 Å². The highest BCUT2D eigenvalue weighted by molar-refractivity contribution is 5.75. The van der Waals surface area contributed by atoms with Crippen LogP contribution >= 0.6 is 0 Å². The van der Waals surface area contributed by atoms with E-state index in [9.17, 15) is 19.8 Å². The van der Waals surface area contributed by atoms with Gasteiger partial charge in [-0.3, -0.25) is 4.79 Å². The highest BCUT2D eigenvalue weighted by atomic mass is 16.7. The minimum absolute atomic E-state index is 0.0433. The molecule has 1 aromatic carbocycles. The van der Waals surface area contributed by atoms with Gasteiger partial charge in [-0.2, -0.15) is 0 Å². The smallest absolute Gasteiger partial charge is 0.450 e. The molecule has 0 radical (unpaired) electrons. The molecule has 0 heterocycles. The van der Waals surface area contributed by atoms with Crippen molar-refractivity contribution >= 4 is 12.1 Å². The molecule has 1 aliphatic carbocycles. The van der Waals surface area contributed by atoms with Crippen LogP contribution in [-0.2, 0) is 16.0 Å². The SMILES string of the molecule is CCNC(=O)CCCC=CC[C@H]1C(O)CC(OC(=O)O)[C@@H]1C=C[C@@H](O)CCc1ccccc1. The summed E-state index contributed by atoms with van der Waals surface area (Å²) >= 11 is 0. The predicted molar refractivity (Wildman–Crippen MR) is 127 cm³/mol. The monoisotopic (exact) mass is 459 g/mol. The van der Waals surface area contributed by atoms with Gasteiger partial charge in [-0.1, -0.05) is 54.6 Å². The van der Waals surface area contributed by atoms with E-state index in [0.29, 0.717) is 25.8 Å². The summed E-state index contributed by atoms with van der Waals surface area (Å²) < 4.78 is 5.04. The Kier molecular flexibility index (Phi) is 11.7. The Hall–Kier alpha value is -2.64. The summed E-state index contributed by atoms with van der Waals surface area (Å²) in [5.41, 5.74) is 1.14. The highest BCUT2D eigenvalue weighted by Gasteiger charge is 2.42. The second-order valence-electron chi connectivity index (χ2n) is 8.50. The second-order valence-corrected chi connectivity index (χ2v) is 8.50. The van der Waals surface area contributed by atoms with Crippen LogP contribution in [0.3, 0.4) is 0 Å². The van der Waals surface area contributed by atoms with Gasteiger partial charge in [-0.05, 0) is 50.5 Å². The first-order valence-electron chi connectivity index (χ1n) is 11.8. The number of aryl methyl sites for hydroxylation is 1. The summed E-state index contributed by atoms with van der Waals surface area (Å²) in [6, 6.07) is 9.90. The second kappa shape index (κ2) is 14.5. The molecular weight excluding hydrogens is 422 g/mol. The first-order valence-corrected chi connectivity index (χ1v) is 11.8. The van der Waals surface area contributed by atoms with Crippen LogP contribution in [0.5, 0.6) is 0 Å². The van der Waals surface area contributed by atoms with Crippen molar-refractivity contribution in [1.29, 1.82) is 0 Å². The normalized spacial score (nSPS) is 23.7. The average molecular weight is 460 g/mol. The number of aliphatic hydroxyl groups excluding tert-OH is 2. The number of aliphatic hydroxyl groups is 2. The Balaban J connectivity index is 1.91. The molecule has 0 saturated heterocycles. The number of carbonyl (C=O) groups is 2. The number of nitrogens with one attached hydrogen (secondary N) is 1. The van der Waals surface area contributed by atoms with Crippen LogP contribution in [0.1, 0.15) is 51.0 Å².